The highest BCUT2D eigenvalue weighted by Crippen LogP contribution is 2.43. The molecule has 0 fully saturated rings. The SMILES string of the molecule is C1=CCCC(c2nc(-c3ccccc3)cc(-c3cccc(-n4c5ccc(-c6ccc7c(c6)c6ccc8c(cnn8-c8ccccc8)c6n7-c6ccccc6)cc5c5ccc6c(cnn6-c6ccccc6)c54)c3)n2)=C1. The first-order valence-electron chi connectivity index (χ1n) is 25.2. The lowest BCUT2D eigenvalue weighted by Crippen LogP contribution is -2.01. The molecule has 0 bridgehead atoms. The molecule has 0 aliphatic heterocycles. The Morgan fingerprint density at radius 3 is 1.39 bits per heavy atom. The van der Waals surface area contributed by atoms with Crippen LogP contribution >= 0.6 is 0 Å². The summed E-state index contributed by atoms with van der Waals surface area (Å²) in [4.78, 5) is 10.4. The monoisotopic (exact) mass is 948 g/mol. The van der Waals surface area contributed by atoms with Gasteiger partial charge >= 0.3 is 0 Å². The first kappa shape index (κ1) is 41.8. The highest BCUT2D eigenvalue weighted by atomic mass is 15.3. The summed E-state index contributed by atoms with van der Waals surface area (Å²) in [6, 6.07) is 75.6. The molecular weight excluding hydrogens is 905 g/mol. The lowest BCUT2D eigenvalue weighted by molar-refractivity contribution is 0.911. The average molecular weight is 949 g/mol. The van der Waals surface area contributed by atoms with Gasteiger partial charge in [-0.25, -0.2) is 19.3 Å². The van der Waals surface area contributed by atoms with Crippen LogP contribution < -0.4 is 0 Å². The zero-order valence-corrected chi connectivity index (χ0v) is 40.1. The van der Waals surface area contributed by atoms with Gasteiger partial charge in [-0.3, -0.25) is 0 Å². The van der Waals surface area contributed by atoms with E-state index in [1.165, 1.54) is 10.8 Å². The highest BCUT2D eigenvalue weighted by molar-refractivity contribution is 6.20. The van der Waals surface area contributed by atoms with Crippen molar-refractivity contribution in [2.24, 2.45) is 0 Å². The second kappa shape index (κ2) is 16.9. The van der Waals surface area contributed by atoms with Crippen LogP contribution in [0.1, 0.15) is 18.7 Å². The van der Waals surface area contributed by atoms with Crippen molar-refractivity contribution in [3.63, 3.8) is 0 Å². The minimum Gasteiger partial charge on any atom is -0.309 e. The van der Waals surface area contributed by atoms with Crippen LogP contribution in [0.15, 0.2) is 243 Å². The Morgan fingerprint density at radius 2 is 0.838 bits per heavy atom. The summed E-state index contributed by atoms with van der Waals surface area (Å²) in [6.45, 7) is 0. The van der Waals surface area contributed by atoms with Crippen molar-refractivity contribution in [3.8, 4) is 56.4 Å². The molecular formula is C66H44N8. The van der Waals surface area contributed by atoms with E-state index in [0.717, 1.165) is 135 Å². The van der Waals surface area contributed by atoms with Crippen molar-refractivity contribution in [1.29, 1.82) is 0 Å². The third-order valence-electron chi connectivity index (χ3n) is 14.8. The summed E-state index contributed by atoms with van der Waals surface area (Å²) in [5, 5.41) is 16.8. The molecule has 14 aromatic rings. The molecule has 348 valence electrons. The zero-order valence-electron chi connectivity index (χ0n) is 40.1. The number of rotatable bonds is 8. The number of allylic oxidation sites excluding steroid dienone is 4. The minimum absolute atomic E-state index is 0.769. The predicted octanol–water partition coefficient (Wildman–Crippen LogP) is 16.1. The molecule has 0 saturated carbocycles. The molecule has 0 unspecified atom stereocenters. The molecule has 5 aromatic heterocycles. The highest BCUT2D eigenvalue weighted by Gasteiger charge is 2.22. The van der Waals surface area contributed by atoms with Gasteiger partial charge < -0.3 is 9.13 Å². The maximum atomic E-state index is 5.28. The molecule has 0 amide bonds. The number of hydrogen-bond acceptors (Lipinski definition) is 4. The fourth-order valence-electron chi connectivity index (χ4n) is 11.3. The summed E-state index contributed by atoms with van der Waals surface area (Å²) >= 11 is 0. The Kier molecular flexibility index (Phi) is 9.53. The molecule has 8 nitrogen and oxygen atoms in total. The summed E-state index contributed by atoms with van der Waals surface area (Å²) in [6.07, 6.45) is 12.4. The van der Waals surface area contributed by atoms with Crippen LogP contribution in [-0.4, -0.2) is 38.7 Å². The third-order valence-corrected chi connectivity index (χ3v) is 14.8. The number of nitrogens with zero attached hydrogens (tertiary/aromatic N) is 8. The summed E-state index contributed by atoms with van der Waals surface area (Å²) < 4.78 is 8.90. The number of fused-ring (bicyclic) bond motifs is 10. The van der Waals surface area contributed by atoms with E-state index in [1.807, 2.05) is 40.0 Å². The molecule has 0 saturated heterocycles. The predicted molar refractivity (Wildman–Crippen MR) is 303 cm³/mol. The fourth-order valence-corrected chi connectivity index (χ4v) is 11.3. The molecule has 1 aliphatic rings. The van der Waals surface area contributed by atoms with Crippen molar-refractivity contribution < 1.29 is 0 Å². The maximum absolute atomic E-state index is 5.28. The van der Waals surface area contributed by atoms with Crippen molar-refractivity contribution in [2.75, 3.05) is 0 Å². The molecule has 0 spiro atoms. The van der Waals surface area contributed by atoms with Crippen molar-refractivity contribution in [2.45, 2.75) is 12.8 Å². The fraction of sp³-hybridized carbons (Fsp3) is 0.0303. The van der Waals surface area contributed by atoms with Gasteiger partial charge in [0.15, 0.2) is 5.82 Å². The van der Waals surface area contributed by atoms with Gasteiger partial charge in [0, 0.05) is 54.8 Å². The van der Waals surface area contributed by atoms with Crippen molar-refractivity contribution in [1.82, 2.24) is 38.7 Å². The number of hydrogen-bond donors (Lipinski definition) is 0. The first-order valence-corrected chi connectivity index (χ1v) is 25.2. The summed E-state index contributed by atoms with van der Waals surface area (Å²) in [7, 11) is 0. The zero-order chi connectivity index (χ0) is 48.7. The van der Waals surface area contributed by atoms with Crippen LogP contribution in [-0.2, 0) is 0 Å². The Labute approximate surface area is 425 Å². The molecule has 0 radical (unpaired) electrons. The van der Waals surface area contributed by atoms with Crippen molar-refractivity contribution >= 4 is 71.0 Å². The van der Waals surface area contributed by atoms with Gasteiger partial charge in [0.2, 0.25) is 0 Å². The smallest absolute Gasteiger partial charge is 0.156 e. The molecule has 74 heavy (non-hydrogen) atoms. The molecule has 9 aromatic carbocycles. The molecule has 5 heterocycles. The second-order valence-corrected chi connectivity index (χ2v) is 19.1. The molecule has 15 rings (SSSR count). The van der Waals surface area contributed by atoms with Crippen LogP contribution in [0.5, 0.6) is 0 Å². The maximum Gasteiger partial charge on any atom is 0.156 e. The van der Waals surface area contributed by atoms with E-state index in [2.05, 4.69) is 221 Å². The van der Waals surface area contributed by atoms with Crippen molar-refractivity contribution in [3.05, 3.63) is 249 Å². The van der Waals surface area contributed by atoms with Gasteiger partial charge in [-0.2, -0.15) is 10.2 Å². The second-order valence-electron chi connectivity index (χ2n) is 19.1. The van der Waals surface area contributed by atoms with E-state index in [1.54, 1.807) is 0 Å². The van der Waals surface area contributed by atoms with Gasteiger partial charge in [0.05, 0.1) is 68.3 Å². The van der Waals surface area contributed by atoms with Gasteiger partial charge in [0.1, 0.15) is 0 Å². The molecule has 0 N–H and O–H groups in total. The largest absolute Gasteiger partial charge is 0.309 e. The Morgan fingerprint density at radius 1 is 0.351 bits per heavy atom. The number of benzene rings is 9. The number of para-hydroxylation sites is 3. The quantitative estimate of drug-likeness (QED) is 0.152. The lowest BCUT2D eigenvalue weighted by Gasteiger charge is -2.14. The van der Waals surface area contributed by atoms with E-state index in [-0.39, 0.29) is 0 Å². The molecule has 8 heteroatoms. The Balaban J connectivity index is 0.926. The standard InChI is InChI=1S/C66H44N8/c1-6-17-43(18-7-1)58-40-59(70-66(69-58)44-19-8-2-9-20-44)47-21-16-28-51(37-47)72-61-34-30-46(39-55(61)53-32-36-63-57(65(53)72)42-68-74(63)50-26-14-5-15-27-50)45-29-33-60-54(38-45)52-31-35-62-56(41-67-73(62)49-24-12-4-13-25-49)64(52)71(60)48-22-10-3-11-23-48/h1-8,10-19,21-42H,9,20H2. The van der Waals surface area contributed by atoms with Gasteiger partial charge in [-0.05, 0) is 133 Å². The Hall–Kier alpha value is -9.92. The van der Waals surface area contributed by atoms with E-state index in [9.17, 15) is 0 Å². The topological polar surface area (TPSA) is 71.3 Å². The van der Waals surface area contributed by atoms with Crippen LogP contribution in [0.3, 0.4) is 0 Å². The lowest BCUT2D eigenvalue weighted by atomic mass is 10.00. The van der Waals surface area contributed by atoms with Gasteiger partial charge in [0.25, 0.3) is 0 Å². The first-order chi connectivity index (χ1) is 36.7. The normalized spacial score (nSPS) is 12.8. The third kappa shape index (κ3) is 6.69. The van der Waals surface area contributed by atoms with Crippen LogP contribution in [0.4, 0.5) is 0 Å². The summed E-state index contributed by atoms with van der Waals surface area (Å²) in [5.41, 5.74) is 18.1. The minimum atomic E-state index is 0.769. The van der Waals surface area contributed by atoms with E-state index < -0.39 is 0 Å². The van der Waals surface area contributed by atoms with Crippen LogP contribution in [0.25, 0.3) is 127 Å². The van der Waals surface area contributed by atoms with E-state index in [0.29, 0.717) is 0 Å². The van der Waals surface area contributed by atoms with Gasteiger partial charge in [-0.1, -0.05) is 127 Å². The summed E-state index contributed by atoms with van der Waals surface area (Å²) in [5.74, 6) is 0.769. The average Bonchev–Trinajstić information content (AvgIpc) is 4.27. The van der Waals surface area contributed by atoms with E-state index in [4.69, 9.17) is 20.2 Å². The van der Waals surface area contributed by atoms with E-state index >= 15 is 0 Å². The van der Waals surface area contributed by atoms with Crippen LogP contribution in [0, 0.1) is 0 Å². The number of aromatic nitrogens is 8. The Bertz CT molecular complexity index is 4580. The van der Waals surface area contributed by atoms with Crippen LogP contribution in [0.2, 0.25) is 0 Å². The molecule has 0 atom stereocenters. The van der Waals surface area contributed by atoms with Gasteiger partial charge in [-0.15, -0.1) is 0 Å². The molecule has 1 aliphatic carbocycles.